The molecule has 532 valence electrons. The number of aromatic nitrogens is 2. The van der Waals surface area contributed by atoms with Gasteiger partial charge in [0.25, 0.3) is 11.8 Å². The van der Waals surface area contributed by atoms with Gasteiger partial charge in [-0.3, -0.25) is 39.2 Å². The lowest BCUT2D eigenvalue weighted by Crippen LogP contribution is -2.38. The number of methoxy groups -OCH3 is 1. The monoisotopic (exact) mass is 1380 g/mol. The van der Waals surface area contributed by atoms with E-state index in [4.69, 9.17) is 45.0 Å². The number of hydrogen-bond donors (Lipinski definition) is 6. The van der Waals surface area contributed by atoms with Gasteiger partial charge >= 0.3 is 17.9 Å². The number of nitrogen functional groups attached to an aromatic ring is 1. The van der Waals surface area contributed by atoms with E-state index in [-0.39, 0.29) is 102 Å². The zero-order chi connectivity index (χ0) is 71.8. The number of aliphatic hydroxyl groups is 1. The SMILES string of the molecule is C=Cc1cc(C(=O)Cc2ccc(C(=N)CC(=O)OCCCCCC)cc2)c(-c2ccc(C(=O)NCC3CC3)nc2C(=O)OCCN2CCOCC2)cc1CO.C=Cc1cc(C(=O)Cc2ccc(C(=N)N)cc2)c(-c2ccc(C(=O)NCC3CC3)nc2C(=O)OCCN2CCOCC2)cc1OC. The number of nitrogens with two attached hydrogens (primary N) is 1. The summed E-state index contributed by atoms with van der Waals surface area (Å²) in [7, 11) is 1.51. The Bertz CT molecular complexity index is 3990. The summed E-state index contributed by atoms with van der Waals surface area (Å²) in [5.74, 6) is -1.90. The van der Waals surface area contributed by atoms with Crippen LogP contribution in [-0.2, 0) is 47.9 Å². The van der Waals surface area contributed by atoms with Gasteiger partial charge in [-0.2, -0.15) is 0 Å². The summed E-state index contributed by atoms with van der Waals surface area (Å²) in [6.45, 7) is 17.6. The second kappa shape index (κ2) is 37.5. The lowest BCUT2D eigenvalue weighted by Gasteiger charge is -2.26. The first-order valence-corrected chi connectivity index (χ1v) is 34.6. The van der Waals surface area contributed by atoms with Crippen molar-refractivity contribution in [2.45, 2.75) is 84.2 Å². The molecule has 2 saturated heterocycles. The number of rotatable bonds is 35. The highest BCUT2D eigenvalue weighted by Gasteiger charge is 2.30. The molecule has 4 heterocycles. The fourth-order valence-electron chi connectivity index (χ4n) is 11.6. The molecule has 7 N–H and O–H groups in total. The third kappa shape index (κ3) is 21.8. The Morgan fingerprint density at radius 2 is 1.08 bits per heavy atom. The fourth-order valence-corrected chi connectivity index (χ4v) is 11.6. The van der Waals surface area contributed by atoms with Gasteiger partial charge in [0, 0.05) is 104 Å². The number of aliphatic hydroxyl groups excluding tert-OH is 1. The molecule has 2 aliphatic heterocycles. The Morgan fingerprint density at radius 1 is 0.604 bits per heavy atom. The predicted octanol–water partition coefficient (Wildman–Crippen LogP) is 9.56. The zero-order valence-corrected chi connectivity index (χ0v) is 57.7. The lowest BCUT2D eigenvalue weighted by molar-refractivity contribution is -0.142. The number of ether oxygens (including phenoxy) is 6. The number of amidine groups is 1. The zero-order valence-electron chi connectivity index (χ0n) is 57.7. The lowest BCUT2D eigenvalue weighted by atomic mass is 9.89. The molecule has 2 saturated carbocycles. The fraction of sp³-hybridized carbons (Fsp3) is 0.397. The van der Waals surface area contributed by atoms with E-state index in [1.54, 1.807) is 103 Å². The van der Waals surface area contributed by atoms with E-state index in [1.165, 1.54) is 13.2 Å². The molecular formula is C78H91N9O14. The summed E-state index contributed by atoms with van der Waals surface area (Å²) < 4.78 is 33.1. The molecule has 0 radical (unpaired) electrons. The minimum Gasteiger partial charge on any atom is -0.496 e. The number of hydrogen-bond acceptors (Lipinski definition) is 20. The van der Waals surface area contributed by atoms with E-state index in [1.807, 2.05) is 0 Å². The van der Waals surface area contributed by atoms with Crippen LogP contribution in [0.3, 0.4) is 0 Å². The number of benzene rings is 4. The average Bonchev–Trinajstić information content (AvgIpc) is 1.51. The van der Waals surface area contributed by atoms with Crippen molar-refractivity contribution >= 4 is 65.0 Å². The number of esters is 3. The molecule has 2 aromatic heterocycles. The van der Waals surface area contributed by atoms with E-state index < -0.39 is 23.8 Å². The molecule has 0 spiro atoms. The summed E-state index contributed by atoms with van der Waals surface area (Å²) in [5.41, 5.74) is 11.7. The van der Waals surface area contributed by atoms with Gasteiger partial charge in [-0.15, -0.1) is 0 Å². The number of unbranched alkanes of at least 4 members (excludes halogenated alkanes) is 3. The smallest absolute Gasteiger partial charge is 0.357 e. The van der Waals surface area contributed by atoms with Crippen LogP contribution in [0.15, 0.2) is 110 Å². The Morgan fingerprint density at radius 3 is 1.52 bits per heavy atom. The Kier molecular flexibility index (Phi) is 28.0. The number of carbonyl (C=O) groups excluding carboxylic acids is 7. The van der Waals surface area contributed by atoms with Gasteiger partial charge in [0.2, 0.25) is 0 Å². The van der Waals surface area contributed by atoms with Crippen LogP contribution in [0.5, 0.6) is 5.75 Å². The molecule has 4 aliphatic rings. The minimum atomic E-state index is -0.741. The molecule has 0 unspecified atom stereocenters. The van der Waals surface area contributed by atoms with E-state index in [0.29, 0.717) is 132 Å². The van der Waals surface area contributed by atoms with Gasteiger partial charge < -0.3 is 55.3 Å². The van der Waals surface area contributed by atoms with Crippen molar-refractivity contribution in [2.24, 2.45) is 17.6 Å². The number of carbonyl (C=O) groups is 7. The largest absolute Gasteiger partial charge is 0.496 e. The number of amides is 2. The molecule has 4 fully saturated rings. The molecule has 0 atom stereocenters. The molecule has 0 bridgehead atoms. The molecule has 10 rings (SSSR count). The molecule has 4 aromatic carbocycles. The van der Waals surface area contributed by atoms with Crippen molar-refractivity contribution in [3.8, 4) is 28.0 Å². The van der Waals surface area contributed by atoms with Gasteiger partial charge in [-0.25, -0.2) is 19.6 Å². The summed E-state index contributed by atoms with van der Waals surface area (Å²) in [6.07, 6.45) is 11.3. The Balaban J connectivity index is 0.000000239. The molecule has 101 heavy (non-hydrogen) atoms. The highest BCUT2D eigenvalue weighted by Crippen LogP contribution is 2.37. The Hall–Kier alpha value is -9.91. The van der Waals surface area contributed by atoms with Crippen LogP contribution in [0, 0.1) is 22.7 Å². The summed E-state index contributed by atoms with van der Waals surface area (Å²) in [4.78, 5) is 107. The van der Waals surface area contributed by atoms with Crippen molar-refractivity contribution in [3.63, 3.8) is 0 Å². The standard InChI is InChI=1S/C43H52N4O8.C35H39N5O6/c1-3-5-6-7-19-54-40(50)26-37(44)32-12-10-29(11-13-32)23-39(49)36-24-31(4-2)33(28-48)25-35(36)34-14-15-38(42(51)45-27-30-8-9-30)46-41(34)43(52)55-22-18-47-16-20-53-21-17-47;1-3-24-19-28(30(41)18-22-6-8-25(9-7-22)33(36)37)27(20-31(24)44-2)26-10-11-29(34(42)38-21-23-4-5-23)39-32(26)35(43)46-17-14-40-12-15-45-16-13-40/h4,10-15,24-25,30,44,48H,2-3,5-9,16-23,26-28H2,1H3,(H,45,51);3,6-11,19-20,23H,1,4-5,12-18,21H2,2H3,(H3,36,37)(H,38,42). The van der Waals surface area contributed by atoms with Crippen LogP contribution in [0.1, 0.15) is 166 Å². The van der Waals surface area contributed by atoms with Crippen LogP contribution in [0.4, 0.5) is 0 Å². The molecule has 6 aromatic rings. The summed E-state index contributed by atoms with van der Waals surface area (Å²) in [5, 5.41) is 32.1. The van der Waals surface area contributed by atoms with Crippen LogP contribution < -0.4 is 21.1 Å². The number of Topliss-reactive ketones (excluding diaryl/α,β-unsaturated/α-hetero) is 2. The number of nitrogens with zero attached hydrogens (tertiary/aromatic N) is 4. The molecule has 23 nitrogen and oxygen atoms in total. The first kappa shape index (κ1) is 75.3. The third-order valence-electron chi connectivity index (χ3n) is 17.9. The number of morpholine rings is 2. The maximum Gasteiger partial charge on any atom is 0.357 e. The van der Waals surface area contributed by atoms with E-state index in [9.17, 15) is 38.7 Å². The third-order valence-corrected chi connectivity index (χ3v) is 17.9. The Labute approximate surface area is 589 Å². The second-order valence-corrected chi connectivity index (χ2v) is 25.4. The van der Waals surface area contributed by atoms with Crippen molar-refractivity contribution < 1.29 is 67.1 Å². The first-order valence-electron chi connectivity index (χ1n) is 34.6. The van der Waals surface area contributed by atoms with Gasteiger partial charge in [0.15, 0.2) is 23.0 Å². The first-order chi connectivity index (χ1) is 49.0. The molecule has 23 heteroatoms. The maximum absolute atomic E-state index is 14.1. The van der Waals surface area contributed by atoms with Crippen LogP contribution >= 0.6 is 0 Å². The van der Waals surface area contributed by atoms with Crippen molar-refractivity contribution in [2.75, 3.05) is 106 Å². The number of pyridine rings is 2. The predicted molar refractivity (Wildman–Crippen MR) is 384 cm³/mol. The number of ketones is 2. The highest BCUT2D eigenvalue weighted by atomic mass is 16.5. The average molecular weight is 1380 g/mol. The topological polar surface area (TPSA) is 325 Å². The summed E-state index contributed by atoms with van der Waals surface area (Å²) >= 11 is 0. The molecule has 2 amide bonds. The second-order valence-electron chi connectivity index (χ2n) is 25.4. The van der Waals surface area contributed by atoms with Crippen molar-refractivity contribution in [1.29, 1.82) is 10.8 Å². The van der Waals surface area contributed by atoms with Gasteiger partial charge in [-0.05, 0) is 131 Å². The summed E-state index contributed by atoms with van der Waals surface area (Å²) in [6, 6.07) is 26.7. The number of nitrogens with one attached hydrogen (secondary N) is 4. The van der Waals surface area contributed by atoms with Gasteiger partial charge in [-0.1, -0.05) is 100 Å². The maximum atomic E-state index is 14.1. The van der Waals surface area contributed by atoms with Crippen LogP contribution in [0.25, 0.3) is 34.4 Å². The van der Waals surface area contributed by atoms with Gasteiger partial charge in [0.1, 0.15) is 36.2 Å². The molecule has 2 aliphatic carbocycles. The normalized spacial score (nSPS) is 14.4. The van der Waals surface area contributed by atoms with Crippen LogP contribution in [-0.4, -0.2) is 183 Å². The van der Waals surface area contributed by atoms with E-state index >= 15 is 0 Å². The van der Waals surface area contributed by atoms with Crippen molar-refractivity contribution in [3.05, 3.63) is 183 Å². The minimum absolute atomic E-state index is 0.0239. The molecular weight excluding hydrogens is 1290 g/mol. The van der Waals surface area contributed by atoms with E-state index in [0.717, 1.165) is 83.1 Å². The highest BCUT2D eigenvalue weighted by molar-refractivity contribution is 6.10. The van der Waals surface area contributed by atoms with E-state index in [2.05, 4.69) is 50.5 Å². The quantitative estimate of drug-likeness (QED) is 0.00538. The van der Waals surface area contributed by atoms with Gasteiger partial charge in [0.05, 0.1) is 53.2 Å². The van der Waals surface area contributed by atoms with Crippen LogP contribution in [0.2, 0.25) is 0 Å². The van der Waals surface area contributed by atoms with Crippen molar-refractivity contribution in [1.82, 2.24) is 30.4 Å².